The van der Waals surface area contributed by atoms with E-state index in [2.05, 4.69) is 12.2 Å². The first-order chi connectivity index (χ1) is 8.37. The van der Waals surface area contributed by atoms with Crippen LogP contribution in [-0.2, 0) is 9.59 Å². The van der Waals surface area contributed by atoms with Gasteiger partial charge >= 0.3 is 0 Å². The van der Waals surface area contributed by atoms with Crippen molar-refractivity contribution >= 4 is 11.8 Å². The zero-order chi connectivity index (χ0) is 13.6. The second-order valence-electron chi connectivity index (χ2n) is 6.20. The van der Waals surface area contributed by atoms with Crippen LogP contribution in [0.25, 0.3) is 0 Å². The standard InChI is InChI=1S/C14H24N2O2/c1-5-14(6-2)12(18)16(9-13(4)7-8-13)10(3)11(17)15-14/h10H,5-9H2,1-4H3,(H,15,17). The minimum absolute atomic E-state index is 0.0115. The largest absolute Gasteiger partial charge is 0.340 e. The topological polar surface area (TPSA) is 49.4 Å². The summed E-state index contributed by atoms with van der Waals surface area (Å²) in [5.74, 6) is 0.0928. The normalized spacial score (nSPS) is 29.1. The molecular weight excluding hydrogens is 228 g/mol. The molecular formula is C14H24N2O2. The van der Waals surface area contributed by atoms with Gasteiger partial charge in [-0.1, -0.05) is 20.8 Å². The zero-order valence-electron chi connectivity index (χ0n) is 11.9. The van der Waals surface area contributed by atoms with Crippen LogP contribution in [0.5, 0.6) is 0 Å². The number of hydrogen-bond donors (Lipinski definition) is 1. The highest BCUT2D eigenvalue weighted by Crippen LogP contribution is 2.46. The molecule has 2 amide bonds. The zero-order valence-corrected chi connectivity index (χ0v) is 11.9. The van der Waals surface area contributed by atoms with Gasteiger partial charge < -0.3 is 10.2 Å². The van der Waals surface area contributed by atoms with Gasteiger partial charge in [0.15, 0.2) is 0 Å². The first-order valence-corrected chi connectivity index (χ1v) is 7.00. The number of carbonyl (C=O) groups excluding carboxylic acids is 2. The van der Waals surface area contributed by atoms with E-state index in [9.17, 15) is 9.59 Å². The lowest BCUT2D eigenvalue weighted by Crippen LogP contribution is -2.69. The quantitative estimate of drug-likeness (QED) is 0.827. The van der Waals surface area contributed by atoms with Crippen molar-refractivity contribution in [3.05, 3.63) is 0 Å². The van der Waals surface area contributed by atoms with Gasteiger partial charge in [0.05, 0.1) is 0 Å². The molecule has 0 aromatic rings. The summed E-state index contributed by atoms with van der Waals surface area (Å²) in [5, 5.41) is 2.93. The summed E-state index contributed by atoms with van der Waals surface area (Å²) in [5.41, 5.74) is -0.427. The Morgan fingerprint density at radius 2 is 1.83 bits per heavy atom. The predicted molar refractivity (Wildman–Crippen MR) is 70.0 cm³/mol. The molecule has 1 saturated carbocycles. The lowest BCUT2D eigenvalue weighted by Gasteiger charge is -2.45. The van der Waals surface area contributed by atoms with E-state index in [-0.39, 0.29) is 23.3 Å². The molecule has 0 aromatic heterocycles. The molecule has 4 heteroatoms. The first-order valence-electron chi connectivity index (χ1n) is 7.00. The van der Waals surface area contributed by atoms with Gasteiger partial charge in [-0.05, 0) is 38.0 Å². The summed E-state index contributed by atoms with van der Waals surface area (Å²) in [6.07, 6.45) is 3.65. The van der Waals surface area contributed by atoms with E-state index in [4.69, 9.17) is 0 Å². The van der Waals surface area contributed by atoms with Gasteiger partial charge in [0.25, 0.3) is 0 Å². The Morgan fingerprint density at radius 3 is 2.28 bits per heavy atom. The van der Waals surface area contributed by atoms with Crippen molar-refractivity contribution in [2.45, 2.75) is 65.0 Å². The molecule has 1 aliphatic heterocycles. The Labute approximate surface area is 109 Å². The van der Waals surface area contributed by atoms with Crippen LogP contribution in [0.15, 0.2) is 0 Å². The number of carbonyl (C=O) groups is 2. The molecule has 2 rings (SSSR count). The number of nitrogens with one attached hydrogen (secondary N) is 1. The third-order valence-corrected chi connectivity index (χ3v) is 4.74. The second-order valence-corrected chi connectivity index (χ2v) is 6.20. The van der Waals surface area contributed by atoms with Gasteiger partial charge in [-0.2, -0.15) is 0 Å². The third kappa shape index (κ3) is 2.02. The smallest absolute Gasteiger partial charge is 0.248 e. The summed E-state index contributed by atoms with van der Waals surface area (Å²) >= 11 is 0. The highest BCUT2D eigenvalue weighted by molar-refractivity contribution is 5.99. The summed E-state index contributed by atoms with van der Waals surface area (Å²) in [7, 11) is 0. The second kappa shape index (κ2) is 4.25. The average molecular weight is 252 g/mol. The van der Waals surface area contributed by atoms with E-state index in [0.29, 0.717) is 12.8 Å². The Morgan fingerprint density at radius 1 is 1.28 bits per heavy atom. The minimum Gasteiger partial charge on any atom is -0.340 e. The number of rotatable bonds is 4. The summed E-state index contributed by atoms with van der Waals surface area (Å²) in [6, 6.07) is -0.332. The van der Waals surface area contributed by atoms with E-state index in [1.54, 1.807) is 4.90 Å². The SMILES string of the molecule is CCC1(CC)NC(=O)C(C)N(CC2(C)CC2)C1=O. The fraction of sp³-hybridized carbons (Fsp3) is 0.857. The molecule has 2 fully saturated rings. The maximum absolute atomic E-state index is 12.7. The summed E-state index contributed by atoms with van der Waals surface area (Å²) in [6.45, 7) is 8.68. The molecule has 102 valence electrons. The Bertz CT molecular complexity index is 370. The molecule has 4 nitrogen and oxygen atoms in total. The summed E-state index contributed by atoms with van der Waals surface area (Å²) < 4.78 is 0. The Hall–Kier alpha value is -1.06. The minimum atomic E-state index is -0.672. The highest BCUT2D eigenvalue weighted by Gasteiger charge is 2.50. The third-order valence-electron chi connectivity index (χ3n) is 4.74. The number of nitrogens with zero attached hydrogens (tertiary/aromatic N) is 1. The molecule has 2 aliphatic rings. The van der Waals surface area contributed by atoms with Crippen molar-refractivity contribution in [2.75, 3.05) is 6.54 Å². The molecule has 0 aromatic carbocycles. The molecule has 0 spiro atoms. The van der Waals surface area contributed by atoms with Crippen molar-refractivity contribution in [1.82, 2.24) is 10.2 Å². The maximum Gasteiger partial charge on any atom is 0.248 e. The van der Waals surface area contributed by atoms with Gasteiger partial charge in [-0.25, -0.2) is 0 Å². The Kier molecular flexibility index (Phi) is 3.16. The average Bonchev–Trinajstić information content (AvgIpc) is 3.08. The van der Waals surface area contributed by atoms with Crippen molar-refractivity contribution in [3.63, 3.8) is 0 Å². The van der Waals surface area contributed by atoms with Gasteiger partial charge in [0, 0.05) is 6.54 Å². The van der Waals surface area contributed by atoms with Crippen LogP contribution >= 0.6 is 0 Å². The van der Waals surface area contributed by atoms with E-state index in [1.165, 1.54) is 0 Å². The van der Waals surface area contributed by atoms with Gasteiger partial charge in [-0.15, -0.1) is 0 Å². The molecule has 1 atom stereocenters. The van der Waals surface area contributed by atoms with E-state index in [0.717, 1.165) is 19.4 Å². The Balaban J connectivity index is 2.25. The molecule has 1 heterocycles. The fourth-order valence-corrected chi connectivity index (χ4v) is 2.71. The molecule has 1 saturated heterocycles. The molecule has 1 N–H and O–H groups in total. The van der Waals surface area contributed by atoms with Crippen molar-refractivity contribution in [3.8, 4) is 0 Å². The van der Waals surface area contributed by atoms with E-state index >= 15 is 0 Å². The van der Waals surface area contributed by atoms with Crippen molar-refractivity contribution < 1.29 is 9.59 Å². The van der Waals surface area contributed by atoms with Crippen LogP contribution in [0, 0.1) is 5.41 Å². The predicted octanol–water partition coefficient (Wildman–Crippen LogP) is 1.69. The van der Waals surface area contributed by atoms with Crippen LogP contribution in [0.2, 0.25) is 0 Å². The first kappa shape index (κ1) is 13.4. The number of hydrogen-bond acceptors (Lipinski definition) is 2. The molecule has 18 heavy (non-hydrogen) atoms. The van der Waals surface area contributed by atoms with Crippen LogP contribution in [0.3, 0.4) is 0 Å². The van der Waals surface area contributed by atoms with Gasteiger partial charge in [0.1, 0.15) is 11.6 Å². The van der Waals surface area contributed by atoms with Crippen LogP contribution < -0.4 is 5.32 Å². The van der Waals surface area contributed by atoms with Gasteiger partial charge in [-0.3, -0.25) is 9.59 Å². The molecule has 0 radical (unpaired) electrons. The highest BCUT2D eigenvalue weighted by atomic mass is 16.2. The number of piperazine rings is 1. The van der Waals surface area contributed by atoms with E-state index < -0.39 is 5.54 Å². The molecule has 1 aliphatic carbocycles. The molecule has 0 bridgehead atoms. The maximum atomic E-state index is 12.7. The number of amides is 2. The fourth-order valence-electron chi connectivity index (χ4n) is 2.71. The lowest BCUT2D eigenvalue weighted by atomic mass is 9.86. The van der Waals surface area contributed by atoms with Crippen LogP contribution in [0.1, 0.15) is 53.4 Å². The summed E-state index contributed by atoms with van der Waals surface area (Å²) in [4.78, 5) is 26.6. The van der Waals surface area contributed by atoms with Crippen LogP contribution in [-0.4, -0.2) is 34.8 Å². The van der Waals surface area contributed by atoms with Crippen molar-refractivity contribution in [2.24, 2.45) is 5.41 Å². The van der Waals surface area contributed by atoms with E-state index in [1.807, 2.05) is 20.8 Å². The monoisotopic (exact) mass is 252 g/mol. The van der Waals surface area contributed by atoms with Gasteiger partial charge in [0.2, 0.25) is 11.8 Å². The van der Waals surface area contributed by atoms with Crippen molar-refractivity contribution in [1.29, 1.82) is 0 Å². The lowest BCUT2D eigenvalue weighted by molar-refractivity contribution is -0.155. The molecule has 1 unspecified atom stereocenters. The van der Waals surface area contributed by atoms with Crippen LogP contribution in [0.4, 0.5) is 0 Å².